The molecule has 2 heteroatoms. The van der Waals surface area contributed by atoms with Crippen LogP contribution < -0.4 is 0 Å². The molecule has 0 fully saturated rings. The number of hydrogen-bond donors (Lipinski definition) is 1. The lowest BCUT2D eigenvalue weighted by atomic mass is 10.0. The van der Waals surface area contributed by atoms with Gasteiger partial charge in [-0.05, 0) is 50.0 Å². The van der Waals surface area contributed by atoms with Gasteiger partial charge in [0.1, 0.15) is 0 Å². The lowest BCUT2D eigenvalue weighted by molar-refractivity contribution is 0.116. The first kappa shape index (κ1) is 14.2. The molecule has 1 atom stereocenters. The molecule has 1 aromatic carbocycles. The van der Waals surface area contributed by atoms with Crippen LogP contribution in [-0.4, -0.2) is 29.6 Å². The van der Waals surface area contributed by atoms with Gasteiger partial charge in [-0.3, -0.25) is 0 Å². The molecule has 0 heterocycles. The van der Waals surface area contributed by atoms with Gasteiger partial charge in [-0.25, -0.2) is 0 Å². The molecular formula is C15H25NO. The van der Waals surface area contributed by atoms with Crippen LogP contribution in [-0.2, 0) is 0 Å². The van der Waals surface area contributed by atoms with E-state index in [0.29, 0.717) is 0 Å². The highest BCUT2D eigenvalue weighted by molar-refractivity contribution is 5.31. The smallest absolute Gasteiger partial charge is 0.0917 e. The third-order valence-electron chi connectivity index (χ3n) is 3.33. The lowest BCUT2D eigenvalue weighted by Crippen LogP contribution is -2.29. The predicted molar refractivity (Wildman–Crippen MR) is 73.3 cm³/mol. The highest BCUT2D eigenvalue weighted by atomic mass is 16.3. The molecule has 0 bridgehead atoms. The Morgan fingerprint density at radius 1 is 1.18 bits per heavy atom. The van der Waals surface area contributed by atoms with E-state index in [1.807, 2.05) is 6.07 Å². The molecule has 0 aliphatic rings. The van der Waals surface area contributed by atoms with Crippen LogP contribution in [0.15, 0.2) is 18.2 Å². The molecular weight excluding hydrogens is 210 g/mol. The van der Waals surface area contributed by atoms with Gasteiger partial charge in [0.2, 0.25) is 0 Å². The Labute approximate surface area is 105 Å². The maximum atomic E-state index is 10.2. The molecule has 0 aliphatic heterocycles. The van der Waals surface area contributed by atoms with E-state index in [0.717, 1.165) is 31.6 Å². The van der Waals surface area contributed by atoms with Gasteiger partial charge in [-0.15, -0.1) is 0 Å². The highest BCUT2D eigenvalue weighted by Crippen LogP contribution is 2.18. The maximum Gasteiger partial charge on any atom is 0.0917 e. The number of likely N-dealkylation sites (N-methyl/N-ethyl adjacent to an activating group) is 1. The maximum absolute atomic E-state index is 10.2. The second-order valence-electron chi connectivity index (χ2n) is 4.75. The zero-order valence-corrected chi connectivity index (χ0v) is 11.5. The molecule has 0 amide bonds. The molecule has 0 radical (unpaired) electrons. The fourth-order valence-corrected chi connectivity index (χ4v) is 2.02. The summed E-state index contributed by atoms with van der Waals surface area (Å²) >= 11 is 0. The van der Waals surface area contributed by atoms with Crippen molar-refractivity contribution >= 4 is 0 Å². The van der Waals surface area contributed by atoms with Crippen LogP contribution in [0.5, 0.6) is 0 Å². The molecule has 0 saturated heterocycles. The largest absolute Gasteiger partial charge is 0.387 e. The molecule has 1 aromatic rings. The first-order valence-corrected chi connectivity index (χ1v) is 6.56. The number of rotatable bonds is 6. The standard InChI is InChI=1S/C15H25NO/c1-5-9-16(6-2)11-15(17)14-8-7-12(3)13(4)10-14/h7-8,10,15,17H,5-6,9,11H2,1-4H3. The highest BCUT2D eigenvalue weighted by Gasteiger charge is 2.12. The van der Waals surface area contributed by atoms with E-state index in [1.165, 1.54) is 11.1 Å². The minimum Gasteiger partial charge on any atom is -0.387 e. The Kier molecular flexibility index (Phi) is 5.66. The van der Waals surface area contributed by atoms with E-state index >= 15 is 0 Å². The summed E-state index contributed by atoms with van der Waals surface area (Å²) in [5, 5.41) is 10.2. The Morgan fingerprint density at radius 2 is 1.88 bits per heavy atom. The fourth-order valence-electron chi connectivity index (χ4n) is 2.02. The van der Waals surface area contributed by atoms with Gasteiger partial charge in [0.15, 0.2) is 0 Å². The molecule has 0 aromatic heterocycles. The summed E-state index contributed by atoms with van der Waals surface area (Å²) in [7, 11) is 0. The SMILES string of the molecule is CCCN(CC)CC(O)c1ccc(C)c(C)c1. The van der Waals surface area contributed by atoms with Crippen molar-refractivity contribution in [3.63, 3.8) is 0 Å². The van der Waals surface area contributed by atoms with Crippen LogP contribution in [0.2, 0.25) is 0 Å². The van der Waals surface area contributed by atoms with Crippen molar-refractivity contribution in [1.82, 2.24) is 4.90 Å². The van der Waals surface area contributed by atoms with Crippen molar-refractivity contribution in [1.29, 1.82) is 0 Å². The van der Waals surface area contributed by atoms with Crippen LogP contribution in [0.3, 0.4) is 0 Å². The van der Waals surface area contributed by atoms with Crippen LogP contribution in [0.1, 0.15) is 43.1 Å². The number of aryl methyl sites for hydroxylation is 2. The average molecular weight is 235 g/mol. The topological polar surface area (TPSA) is 23.5 Å². The Hall–Kier alpha value is -0.860. The van der Waals surface area contributed by atoms with Crippen LogP contribution in [0.25, 0.3) is 0 Å². The van der Waals surface area contributed by atoms with E-state index in [9.17, 15) is 5.11 Å². The van der Waals surface area contributed by atoms with E-state index in [-0.39, 0.29) is 6.10 Å². The third-order valence-corrected chi connectivity index (χ3v) is 3.33. The Bertz CT molecular complexity index is 349. The number of benzene rings is 1. The number of nitrogens with zero attached hydrogens (tertiary/aromatic N) is 1. The van der Waals surface area contributed by atoms with Gasteiger partial charge in [0.25, 0.3) is 0 Å². The monoisotopic (exact) mass is 235 g/mol. The van der Waals surface area contributed by atoms with Gasteiger partial charge < -0.3 is 10.0 Å². The van der Waals surface area contributed by atoms with Crippen molar-refractivity contribution in [2.75, 3.05) is 19.6 Å². The van der Waals surface area contributed by atoms with Gasteiger partial charge in [0, 0.05) is 6.54 Å². The van der Waals surface area contributed by atoms with Gasteiger partial charge in [-0.2, -0.15) is 0 Å². The predicted octanol–water partition coefficient (Wildman–Crippen LogP) is 3.07. The molecule has 1 rings (SSSR count). The first-order valence-electron chi connectivity index (χ1n) is 6.56. The molecule has 2 nitrogen and oxygen atoms in total. The second-order valence-corrected chi connectivity index (χ2v) is 4.75. The Morgan fingerprint density at radius 3 is 2.41 bits per heavy atom. The number of aliphatic hydroxyl groups is 1. The minimum atomic E-state index is -0.374. The summed E-state index contributed by atoms with van der Waals surface area (Å²) in [5.74, 6) is 0. The van der Waals surface area contributed by atoms with Crippen molar-refractivity contribution in [3.8, 4) is 0 Å². The molecule has 17 heavy (non-hydrogen) atoms. The first-order chi connectivity index (χ1) is 8.08. The van der Waals surface area contributed by atoms with E-state index < -0.39 is 0 Å². The molecule has 0 saturated carbocycles. The summed E-state index contributed by atoms with van der Waals surface area (Å²) in [6, 6.07) is 6.22. The molecule has 96 valence electrons. The summed E-state index contributed by atoms with van der Waals surface area (Å²) in [4.78, 5) is 2.29. The molecule has 0 spiro atoms. The average Bonchev–Trinajstić information content (AvgIpc) is 2.31. The normalized spacial score (nSPS) is 13.1. The van der Waals surface area contributed by atoms with Gasteiger partial charge in [-0.1, -0.05) is 32.0 Å². The third kappa shape index (κ3) is 4.14. The molecule has 0 aliphatic carbocycles. The van der Waals surface area contributed by atoms with Crippen molar-refractivity contribution in [2.45, 2.75) is 40.2 Å². The summed E-state index contributed by atoms with van der Waals surface area (Å²) in [6.07, 6.45) is 0.758. The minimum absolute atomic E-state index is 0.374. The van der Waals surface area contributed by atoms with Crippen molar-refractivity contribution in [2.24, 2.45) is 0 Å². The van der Waals surface area contributed by atoms with Gasteiger partial charge >= 0.3 is 0 Å². The molecule has 1 unspecified atom stereocenters. The van der Waals surface area contributed by atoms with Crippen molar-refractivity contribution < 1.29 is 5.11 Å². The van der Waals surface area contributed by atoms with E-state index in [1.54, 1.807) is 0 Å². The van der Waals surface area contributed by atoms with Crippen molar-refractivity contribution in [3.05, 3.63) is 34.9 Å². The van der Waals surface area contributed by atoms with Crippen LogP contribution >= 0.6 is 0 Å². The summed E-state index contributed by atoms with van der Waals surface area (Å²) in [6.45, 7) is 11.3. The number of hydrogen-bond acceptors (Lipinski definition) is 2. The van der Waals surface area contributed by atoms with Crippen LogP contribution in [0.4, 0.5) is 0 Å². The lowest BCUT2D eigenvalue weighted by Gasteiger charge is -2.23. The van der Waals surface area contributed by atoms with E-state index in [2.05, 4.69) is 44.7 Å². The number of aliphatic hydroxyl groups excluding tert-OH is 1. The summed E-state index contributed by atoms with van der Waals surface area (Å²) in [5.41, 5.74) is 3.56. The Balaban J connectivity index is 2.68. The fraction of sp³-hybridized carbons (Fsp3) is 0.600. The molecule has 1 N–H and O–H groups in total. The second kappa shape index (κ2) is 6.77. The summed E-state index contributed by atoms with van der Waals surface area (Å²) < 4.78 is 0. The van der Waals surface area contributed by atoms with Gasteiger partial charge in [0.05, 0.1) is 6.10 Å². The zero-order chi connectivity index (χ0) is 12.8. The quantitative estimate of drug-likeness (QED) is 0.819. The van der Waals surface area contributed by atoms with Crippen LogP contribution in [0, 0.1) is 13.8 Å². The zero-order valence-electron chi connectivity index (χ0n) is 11.5. The van der Waals surface area contributed by atoms with E-state index in [4.69, 9.17) is 0 Å².